The van der Waals surface area contributed by atoms with Crippen LogP contribution in [-0.2, 0) is 0 Å². The monoisotopic (exact) mass is 296 g/mol. The Balaban J connectivity index is 2.51. The number of aliphatic hydroxyl groups is 1. The van der Waals surface area contributed by atoms with Gasteiger partial charge in [-0.25, -0.2) is 0 Å². The first-order valence-electron chi connectivity index (χ1n) is 6.90. The summed E-state index contributed by atoms with van der Waals surface area (Å²) in [5.74, 6) is 0.118. The molecule has 2 unspecified atom stereocenters. The van der Waals surface area contributed by atoms with Crippen molar-refractivity contribution in [2.24, 2.45) is 5.73 Å². The molecule has 0 fully saturated rings. The van der Waals surface area contributed by atoms with Gasteiger partial charge in [0.2, 0.25) is 0 Å². The third kappa shape index (κ3) is 5.88. The highest BCUT2D eigenvalue weighted by atomic mass is 16.3. The Kier molecular flexibility index (Phi) is 6.77. The third-order valence-corrected chi connectivity index (χ3v) is 3.23. The van der Waals surface area contributed by atoms with Crippen LogP contribution >= 0.6 is 0 Å². The number of guanidine groups is 1. The first-order chi connectivity index (χ1) is 9.93. The first-order valence-corrected chi connectivity index (χ1v) is 6.90. The third-order valence-electron chi connectivity index (χ3n) is 3.23. The predicted octanol–water partition coefficient (Wildman–Crippen LogP) is 0.373. The summed E-state index contributed by atoms with van der Waals surface area (Å²) in [6.07, 6.45) is 1.44. The van der Waals surface area contributed by atoms with Gasteiger partial charge in [-0.3, -0.25) is 5.41 Å². The Hall–Kier alpha value is -1.99. The van der Waals surface area contributed by atoms with Crippen molar-refractivity contribution in [3.05, 3.63) is 23.8 Å². The number of rotatable bonds is 8. The van der Waals surface area contributed by atoms with Crippen LogP contribution in [0.4, 0.5) is 0 Å². The maximum atomic E-state index is 9.81. The minimum absolute atomic E-state index is 0.0377. The van der Waals surface area contributed by atoms with Gasteiger partial charge in [-0.1, -0.05) is 0 Å². The van der Waals surface area contributed by atoms with Gasteiger partial charge in [0.25, 0.3) is 0 Å². The lowest BCUT2D eigenvalue weighted by atomic mass is 10.0. The molecule has 0 radical (unpaired) electrons. The van der Waals surface area contributed by atoms with Gasteiger partial charge in [0.05, 0.1) is 6.61 Å². The van der Waals surface area contributed by atoms with Gasteiger partial charge in [0, 0.05) is 24.2 Å². The number of hydrogen-bond acceptors (Lipinski definition) is 5. The highest BCUT2D eigenvalue weighted by molar-refractivity contribution is 5.74. The maximum Gasteiger partial charge on any atom is 0.185 e. The number of hydrogen-bond donors (Lipinski definition) is 7. The van der Waals surface area contributed by atoms with Gasteiger partial charge in [0.1, 0.15) is 11.5 Å². The fourth-order valence-corrected chi connectivity index (χ4v) is 2.13. The Morgan fingerprint density at radius 2 is 2.10 bits per heavy atom. The van der Waals surface area contributed by atoms with Gasteiger partial charge in [-0.05, 0) is 38.0 Å². The van der Waals surface area contributed by atoms with E-state index in [1.165, 1.54) is 18.2 Å². The van der Waals surface area contributed by atoms with Crippen LogP contribution in [0, 0.1) is 5.41 Å². The summed E-state index contributed by atoms with van der Waals surface area (Å²) in [6, 6.07) is 4.00. The number of benzene rings is 1. The molecule has 0 amide bonds. The smallest absolute Gasteiger partial charge is 0.185 e. The van der Waals surface area contributed by atoms with E-state index in [0.717, 1.165) is 6.42 Å². The van der Waals surface area contributed by atoms with Gasteiger partial charge < -0.3 is 31.7 Å². The maximum absolute atomic E-state index is 9.81. The minimum Gasteiger partial charge on any atom is -0.508 e. The van der Waals surface area contributed by atoms with Crippen LogP contribution in [0.2, 0.25) is 0 Å². The molecule has 1 aromatic rings. The Labute approximate surface area is 124 Å². The summed E-state index contributed by atoms with van der Waals surface area (Å²) in [5, 5.41) is 41.6. The molecule has 0 bridgehead atoms. The van der Waals surface area contributed by atoms with E-state index in [0.29, 0.717) is 18.5 Å². The summed E-state index contributed by atoms with van der Waals surface area (Å²) in [4.78, 5) is 0. The average Bonchev–Trinajstić information content (AvgIpc) is 2.44. The van der Waals surface area contributed by atoms with E-state index in [4.69, 9.17) is 11.1 Å². The second-order valence-electron chi connectivity index (χ2n) is 4.99. The Bertz CT molecular complexity index is 468. The molecule has 0 spiro atoms. The molecule has 0 saturated heterocycles. The molecule has 118 valence electrons. The highest BCUT2D eigenvalue weighted by Crippen LogP contribution is 2.28. The zero-order valence-corrected chi connectivity index (χ0v) is 12.1. The molecular formula is C14H24N4O3. The summed E-state index contributed by atoms with van der Waals surface area (Å²) >= 11 is 0. The number of nitrogens with two attached hydrogens (primary N) is 1. The van der Waals surface area contributed by atoms with Crippen molar-refractivity contribution in [2.45, 2.75) is 31.8 Å². The van der Waals surface area contributed by atoms with E-state index >= 15 is 0 Å². The van der Waals surface area contributed by atoms with Gasteiger partial charge in [0.15, 0.2) is 5.96 Å². The highest BCUT2D eigenvalue weighted by Gasteiger charge is 2.15. The fraction of sp³-hybridized carbons (Fsp3) is 0.500. The molecule has 21 heavy (non-hydrogen) atoms. The molecular weight excluding hydrogens is 272 g/mol. The Morgan fingerprint density at radius 1 is 1.38 bits per heavy atom. The summed E-state index contributed by atoms with van der Waals surface area (Å²) in [7, 11) is 0. The molecule has 0 aliphatic carbocycles. The molecule has 8 N–H and O–H groups in total. The van der Waals surface area contributed by atoms with E-state index in [1.54, 1.807) is 0 Å². The normalized spacial score (nSPS) is 13.6. The van der Waals surface area contributed by atoms with Crippen molar-refractivity contribution in [3.8, 4) is 11.5 Å². The quantitative estimate of drug-likeness (QED) is 0.160. The molecule has 2 atom stereocenters. The van der Waals surface area contributed by atoms with Crippen LogP contribution in [0.15, 0.2) is 18.2 Å². The zero-order valence-electron chi connectivity index (χ0n) is 12.1. The van der Waals surface area contributed by atoms with Crippen molar-refractivity contribution < 1.29 is 15.3 Å². The molecule has 7 heteroatoms. The van der Waals surface area contributed by atoms with Crippen molar-refractivity contribution >= 4 is 5.96 Å². The van der Waals surface area contributed by atoms with Crippen LogP contribution in [-0.4, -0.2) is 40.5 Å². The van der Waals surface area contributed by atoms with E-state index < -0.39 is 0 Å². The zero-order chi connectivity index (χ0) is 15.8. The minimum atomic E-state index is -0.213. The standard InChI is InChI=1S/C14H24N4O3/c1-9(12-7-11(20)4-5-13(12)21)18-10(8-19)3-2-6-17-14(15)16/h4-5,7,9-10,18-21H,2-3,6,8H2,1H3,(H4,15,16,17). The van der Waals surface area contributed by atoms with E-state index in [2.05, 4.69) is 10.6 Å². The lowest BCUT2D eigenvalue weighted by molar-refractivity contribution is 0.224. The van der Waals surface area contributed by atoms with Gasteiger partial charge in [-0.2, -0.15) is 0 Å². The van der Waals surface area contributed by atoms with Crippen molar-refractivity contribution in [1.82, 2.24) is 10.6 Å². The molecule has 0 heterocycles. The number of aromatic hydroxyl groups is 2. The van der Waals surface area contributed by atoms with Crippen LogP contribution in [0.3, 0.4) is 0 Å². The van der Waals surface area contributed by atoms with E-state index in [9.17, 15) is 15.3 Å². The van der Waals surface area contributed by atoms with Crippen molar-refractivity contribution in [3.63, 3.8) is 0 Å². The lowest BCUT2D eigenvalue weighted by Crippen LogP contribution is -2.36. The number of phenols is 2. The van der Waals surface area contributed by atoms with Crippen molar-refractivity contribution in [1.29, 1.82) is 5.41 Å². The SMILES string of the molecule is CC(NC(CO)CCCNC(=N)N)c1cc(O)ccc1O. The molecule has 1 aromatic carbocycles. The second kappa shape index (κ2) is 8.33. The molecule has 0 saturated carbocycles. The van der Waals surface area contributed by atoms with Gasteiger partial charge in [-0.15, -0.1) is 0 Å². The molecule has 7 nitrogen and oxygen atoms in total. The van der Waals surface area contributed by atoms with Gasteiger partial charge >= 0.3 is 0 Å². The van der Waals surface area contributed by atoms with Crippen LogP contribution < -0.4 is 16.4 Å². The predicted molar refractivity (Wildman–Crippen MR) is 81.3 cm³/mol. The largest absolute Gasteiger partial charge is 0.508 e. The molecule has 0 aliphatic heterocycles. The lowest BCUT2D eigenvalue weighted by Gasteiger charge is -2.23. The second-order valence-corrected chi connectivity index (χ2v) is 4.99. The molecule has 0 aliphatic rings. The van der Waals surface area contributed by atoms with Crippen molar-refractivity contribution in [2.75, 3.05) is 13.2 Å². The number of aliphatic hydroxyl groups excluding tert-OH is 1. The van der Waals surface area contributed by atoms with Crippen LogP contribution in [0.25, 0.3) is 0 Å². The van der Waals surface area contributed by atoms with Crippen LogP contribution in [0.5, 0.6) is 11.5 Å². The molecule has 0 aromatic heterocycles. The van der Waals surface area contributed by atoms with E-state index in [-0.39, 0.29) is 36.1 Å². The summed E-state index contributed by atoms with van der Waals surface area (Å²) < 4.78 is 0. The number of nitrogens with one attached hydrogen (secondary N) is 3. The average molecular weight is 296 g/mol. The van der Waals surface area contributed by atoms with Crippen LogP contribution in [0.1, 0.15) is 31.4 Å². The summed E-state index contributed by atoms with van der Waals surface area (Å²) in [5.41, 5.74) is 5.76. The fourth-order valence-electron chi connectivity index (χ4n) is 2.13. The summed E-state index contributed by atoms with van der Waals surface area (Å²) in [6.45, 7) is 2.38. The Morgan fingerprint density at radius 3 is 2.71 bits per heavy atom. The first kappa shape index (κ1) is 17.1. The topological polar surface area (TPSA) is 135 Å². The molecule has 1 rings (SSSR count). The van der Waals surface area contributed by atoms with E-state index in [1.807, 2.05) is 6.92 Å². The number of phenolic OH excluding ortho intramolecular Hbond substituents is 2.